The van der Waals surface area contributed by atoms with Crippen LogP contribution in [0, 0.1) is 5.41 Å². The zero-order valence-electron chi connectivity index (χ0n) is 13.0. The van der Waals surface area contributed by atoms with Crippen LogP contribution in [0.25, 0.3) is 0 Å². The Morgan fingerprint density at radius 2 is 1.82 bits per heavy atom. The summed E-state index contributed by atoms with van der Waals surface area (Å²) in [5.41, 5.74) is -0.767. The summed E-state index contributed by atoms with van der Waals surface area (Å²) in [6.07, 6.45) is -1.36. The van der Waals surface area contributed by atoms with Gasteiger partial charge in [-0.15, -0.1) is 0 Å². The van der Waals surface area contributed by atoms with Crippen molar-refractivity contribution in [1.29, 1.82) is 0 Å². The Balaban J connectivity index is 4.04. The van der Waals surface area contributed by atoms with Gasteiger partial charge in [-0.1, -0.05) is 13.8 Å². The van der Waals surface area contributed by atoms with Crippen LogP contribution in [-0.4, -0.2) is 68.6 Å². The molecule has 0 radical (unpaired) electrons. The lowest BCUT2D eigenvalue weighted by Crippen LogP contribution is -2.46. The summed E-state index contributed by atoms with van der Waals surface area (Å²) in [7, 11) is -2.65. The molecule has 22 heavy (non-hydrogen) atoms. The lowest BCUT2D eigenvalue weighted by Gasteiger charge is -2.28. The summed E-state index contributed by atoms with van der Waals surface area (Å²) in [6.45, 7) is 3.31. The van der Waals surface area contributed by atoms with Gasteiger partial charge in [0.2, 0.25) is 11.8 Å². The number of methoxy groups -OCH3 is 1. The molecular weight excluding hydrogens is 316 g/mol. The van der Waals surface area contributed by atoms with E-state index in [1.807, 2.05) is 0 Å². The van der Waals surface area contributed by atoms with Gasteiger partial charge in [-0.25, -0.2) is 0 Å². The summed E-state index contributed by atoms with van der Waals surface area (Å²) >= 11 is 0. The number of carbonyl (C=O) groups excluding carboxylic acids is 2. The predicted octanol–water partition coefficient (Wildman–Crippen LogP) is -1.47. The van der Waals surface area contributed by atoms with Crippen LogP contribution in [0.4, 0.5) is 0 Å². The highest BCUT2D eigenvalue weighted by Gasteiger charge is 2.33. The maximum absolute atomic E-state index is 11.7. The van der Waals surface area contributed by atoms with Crippen LogP contribution in [0.2, 0.25) is 0 Å². The standard InChI is InChI=1S/C12H24N2O7S/c1-12(2,8-21-3)10(16)11(17)14-5-4-9(15)13-6-7-22(18,19)20/h10,16H,4-8H2,1-3H3,(H,13,15)(H,14,17)(H,18,19,20). The number of nitrogens with one attached hydrogen (secondary N) is 2. The average Bonchev–Trinajstić information content (AvgIpc) is 2.36. The number of amides is 2. The summed E-state index contributed by atoms with van der Waals surface area (Å²) in [4.78, 5) is 23.1. The van der Waals surface area contributed by atoms with Crippen LogP contribution >= 0.6 is 0 Å². The van der Waals surface area contributed by atoms with Gasteiger partial charge in [-0.3, -0.25) is 14.1 Å². The SMILES string of the molecule is COCC(C)(C)C(O)C(=O)NCCC(=O)NCCS(=O)(=O)O. The van der Waals surface area contributed by atoms with Gasteiger partial charge in [0.1, 0.15) is 6.10 Å². The number of hydrogen-bond donors (Lipinski definition) is 4. The van der Waals surface area contributed by atoms with Crippen LogP contribution in [0.5, 0.6) is 0 Å². The quantitative estimate of drug-likeness (QED) is 0.356. The highest BCUT2D eigenvalue weighted by Crippen LogP contribution is 2.20. The number of ether oxygens (including phenoxy) is 1. The van der Waals surface area contributed by atoms with E-state index in [0.717, 1.165) is 0 Å². The normalized spacial score (nSPS) is 13.5. The van der Waals surface area contributed by atoms with Crippen LogP contribution < -0.4 is 10.6 Å². The molecule has 0 aromatic rings. The van der Waals surface area contributed by atoms with Crippen molar-refractivity contribution in [2.75, 3.05) is 32.6 Å². The first-order valence-corrected chi connectivity index (χ1v) is 8.27. The van der Waals surface area contributed by atoms with Crippen molar-refractivity contribution in [3.8, 4) is 0 Å². The Bertz CT molecular complexity index is 476. The number of hydrogen-bond acceptors (Lipinski definition) is 6. The number of rotatable bonds is 10. The Morgan fingerprint density at radius 3 is 2.32 bits per heavy atom. The lowest BCUT2D eigenvalue weighted by atomic mass is 9.87. The van der Waals surface area contributed by atoms with E-state index in [-0.39, 0.29) is 26.1 Å². The van der Waals surface area contributed by atoms with Crippen molar-refractivity contribution in [3.05, 3.63) is 0 Å². The zero-order valence-corrected chi connectivity index (χ0v) is 13.8. The summed E-state index contributed by atoms with van der Waals surface area (Å²) in [5, 5.41) is 14.6. The molecule has 0 aliphatic heterocycles. The van der Waals surface area contributed by atoms with Gasteiger partial charge in [0.15, 0.2) is 0 Å². The average molecular weight is 340 g/mol. The minimum Gasteiger partial charge on any atom is -0.384 e. The van der Waals surface area contributed by atoms with E-state index in [9.17, 15) is 23.1 Å². The molecule has 0 heterocycles. The molecule has 9 nitrogen and oxygen atoms in total. The number of aliphatic hydroxyl groups excluding tert-OH is 1. The molecule has 130 valence electrons. The number of carbonyl (C=O) groups is 2. The van der Waals surface area contributed by atoms with Crippen molar-refractivity contribution < 1.29 is 32.4 Å². The fourth-order valence-corrected chi connectivity index (χ4v) is 1.97. The lowest BCUT2D eigenvalue weighted by molar-refractivity contribution is -0.137. The minimum absolute atomic E-state index is 0.00331. The first-order chi connectivity index (χ1) is 9.99. The monoisotopic (exact) mass is 340 g/mol. The van der Waals surface area contributed by atoms with Crippen LogP contribution in [-0.2, 0) is 24.4 Å². The summed E-state index contributed by atoms with van der Waals surface area (Å²) < 4.78 is 34.3. The molecule has 4 N–H and O–H groups in total. The third-order valence-electron chi connectivity index (χ3n) is 2.84. The van der Waals surface area contributed by atoms with E-state index >= 15 is 0 Å². The molecule has 0 saturated heterocycles. The molecule has 0 fully saturated rings. The molecular formula is C12H24N2O7S. The van der Waals surface area contributed by atoms with Crippen LogP contribution in [0.3, 0.4) is 0 Å². The second-order valence-corrected chi connectivity index (χ2v) is 7.07. The molecule has 1 unspecified atom stereocenters. The van der Waals surface area contributed by atoms with Gasteiger partial charge in [-0.2, -0.15) is 8.42 Å². The first-order valence-electron chi connectivity index (χ1n) is 6.66. The minimum atomic E-state index is -4.12. The van der Waals surface area contributed by atoms with E-state index in [2.05, 4.69) is 10.6 Å². The van der Waals surface area contributed by atoms with Crippen molar-refractivity contribution in [3.63, 3.8) is 0 Å². The summed E-state index contributed by atoms with van der Waals surface area (Å²) in [6, 6.07) is 0. The molecule has 0 spiro atoms. The van der Waals surface area contributed by atoms with E-state index < -0.39 is 39.2 Å². The maximum Gasteiger partial charge on any atom is 0.266 e. The molecule has 0 aromatic heterocycles. The fourth-order valence-electron chi connectivity index (χ4n) is 1.61. The van der Waals surface area contributed by atoms with Gasteiger partial charge in [0, 0.05) is 32.0 Å². The second kappa shape index (κ2) is 9.03. The van der Waals surface area contributed by atoms with Gasteiger partial charge in [0.25, 0.3) is 10.1 Å². The first kappa shape index (κ1) is 20.8. The molecule has 2 amide bonds. The third kappa shape index (κ3) is 8.93. The Hall–Kier alpha value is -1.23. The topological polar surface area (TPSA) is 142 Å². The number of aliphatic hydroxyl groups is 1. The fraction of sp³-hybridized carbons (Fsp3) is 0.833. The van der Waals surface area contributed by atoms with Crippen molar-refractivity contribution in [2.45, 2.75) is 26.4 Å². The van der Waals surface area contributed by atoms with Crippen LogP contribution in [0.15, 0.2) is 0 Å². The highest BCUT2D eigenvalue weighted by molar-refractivity contribution is 7.85. The molecule has 0 aliphatic carbocycles. The van der Waals surface area contributed by atoms with Gasteiger partial charge in [0.05, 0.1) is 12.4 Å². The smallest absolute Gasteiger partial charge is 0.266 e. The van der Waals surface area contributed by atoms with Crippen LogP contribution in [0.1, 0.15) is 20.3 Å². The second-order valence-electron chi connectivity index (χ2n) is 5.50. The highest BCUT2D eigenvalue weighted by atomic mass is 32.2. The molecule has 0 aromatic carbocycles. The van der Waals surface area contributed by atoms with Gasteiger partial charge >= 0.3 is 0 Å². The molecule has 0 rings (SSSR count). The van der Waals surface area contributed by atoms with E-state index in [4.69, 9.17) is 9.29 Å². The van der Waals surface area contributed by atoms with Gasteiger partial charge in [-0.05, 0) is 0 Å². The molecule has 1 atom stereocenters. The Morgan fingerprint density at radius 1 is 1.23 bits per heavy atom. The predicted molar refractivity (Wildman–Crippen MR) is 78.7 cm³/mol. The third-order valence-corrected chi connectivity index (χ3v) is 3.56. The summed E-state index contributed by atoms with van der Waals surface area (Å²) in [5.74, 6) is -1.67. The molecule has 0 bridgehead atoms. The van der Waals surface area contributed by atoms with Gasteiger partial charge < -0.3 is 20.5 Å². The Kier molecular flexibility index (Phi) is 8.53. The molecule has 0 saturated carbocycles. The van der Waals surface area contributed by atoms with E-state index in [1.165, 1.54) is 7.11 Å². The Labute approximate surface area is 130 Å². The maximum atomic E-state index is 11.7. The van der Waals surface area contributed by atoms with Crippen molar-refractivity contribution in [1.82, 2.24) is 10.6 Å². The van der Waals surface area contributed by atoms with Crippen molar-refractivity contribution in [2.24, 2.45) is 5.41 Å². The van der Waals surface area contributed by atoms with E-state index in [0.29, 0.717) is 0 Å². The molecule has 0 aliphatic rings. The van der Waals surface area contributed by atoms with Crippen molar-refractivity contribution >= 4 is 21.9 Å². The van der Waals surface area contributed by atoms with E-state index in [1.54, 1.807) is 13.8 Å². The molecule has 10 heteroatoms. The zero-order chi connectivity index (χ0) is 17.4. The largest absolute Gasteiger partial charge is 0.384 e.